The smallest absolute Gasteiger partial charge is 0.0622 e. The molecule has 1 aliphatic rings. The van der Waals surface area contributed by atoms with Gasteiger partial charge in [0, 0.05) is 0 Å². The van der Waals surface area contributed by atoms with Gasteiger partial charge >= 0.3 is 0 Å². The van der Waals surface area contributed by atoms with Gasteiger partial charge in [0.1, 0.15) is 0 Å². The lowest BCUT2D eigenvalue weighted by Crippen LogP contribution is -2.29. The molecule has 0 heteroatoms. The molecule has 0 heterocycles. The summed E-state index contributed by atoms with van der Waals surface area (Å²) in [6.07, 6.45) is 0. The minimum atomic E-state index is -0.350. The van der Waals surface area contributed by atoms with E-state index in [9.17, 15) is 0 Å². The topological polar surface area (TPSA) is 0 Å². The van der Waals surface area contributed by atoms with E-state index in [1.165, 1.54) is 55.6 Å². The van der Waals surface area contributed by atoms with Gasteiger partial charge in [-0.3, -0.25) is 0 Å². The predicted octanol–water partition coefficient (Wildman–Crippen LogP) is 8.33. The molecule has 0 nitrogen and oxygen atoms in total. The summed E-state index contributed by atoms with van der Waals surface area (Å²) >= 11 is 0. The lowest BCUT2D eigenvalue weighted by Gasteiger charge is -2.35. The monoisotopic (exact) mass is 422 g/mol. The third-order valence-corrected chi connectivity index (χ3v) is 7.31. The Kier molecular flexibility index (Phi) is 4.55. The van der Waals surface area contributed by atoms with Crippen molar-refractivity contribution in [2.24, 2.45) is 0 Å². The average Bonchev–Trinajstić information content (AvgIpc) is 3.18. The summed E-state index contributed by atoms with van der Waals surface area (Å²) in [6, 6.07) is 44.4. The van der Waals surface area contributed by atoms with Gasteiger partial charge in [-0.05, 0) is 69.5 Å². The van der Waals surface area contributed by atoms with E-state index in [1.54, 1.807) is 0 Å². The maximum atomic E-state index is 2.34. The van der Waals surface area contributed by atoms with E-state index in [2.05, 4.69) is 135 Å². The molecule has 33 heavy (non-hydrogen) atoms. The molecular formula is C33H26. The number of hydrogen-bond acceptors (Lipinski definition) is 0. The Bertz CT molecular complexity index is 1420. The van der Waals surface area contributed by atoms with Crippen molar-refractivity contribution in [1.29, 1.82) is 0 Å². The van der Waals surface area contributed by atoms with Crippen LogP contribution in [-0.2, 0) is 5.41 Å². The van der Waals surface area contributed by atoms with Gasteiger partial charge in [0.2, 0.25) is 0 Å². The van der Waals surface area contributed by atoms with Gasteiger partial charge in [-0.15, -0.1) is 0 Å². The van der Waals surface area contributed by atoms with E-state index in [0.29, 0.717) is 0 Å². The summed E-state index contributed by atoms with van der Waals surface area (Å²) in [5, 5.41) is 0. The van der Waals surface area contributed by atoms with Crippen LogP contribution in [0.3, 0.4) is 0 Å². The van der Waals surface area contributed by atoms with Crippen LogP contribution in [0.15, 0.2) is 121 Å². The van der Waals surface area contributed by atoms with Crippen LogP contribution in [-0.4, -0.2) is 0 Å². The second-order valence-electron chi connectivity index (χ2n) is 9.00. The zero-order chi connectivity index (χ0) is 22.4. The van der Waals surface area contributed by atoms with Gasteiger partial charge < -0.3 is 0 Å². The van der Waals surface area contributed by atoms with E-state index in [1.807, 2.05) is 0 Å². The summed E-state index contributed by atoms with van der Waals surface area (Å²) in [4.78, 5) is 0. The maximum Gasteiger partial charge on any atom is 0.0716 e. The Morgan fingerprint density at radius 1 is 0.424 bits per heavy atom. The molecule has 0 bridgehead atoms. The lowest BCUT2D eigenvalue weighted by molar-refractivity contribution is 0.762. The van der Waals surface area contributed by atoms with Gasteiger partial charge in [0.15, 0.2) is 0 Å². The highest BCUT2D eigenvalue weighted by Gasteiger charge is 2.47. The fourth-order valence-corrected chi connectivity index (χ4v) is 5.91. The summed E-state index contributed by atoms with van der Waals surface area (Å²) in [5.74, 6) is 0. The molecule has 0 amide bonds. The maximum absolute atomic E-state index is 2.34. The van der Waals surface area contributed by atoms with Crippen molar-refractivity contribution < 1.29 is 0 Å². The van der Waals surface area contributed by atoms with E-state index >= 15 is 0 Å². The van der Waals surface area contributed by atoms with Gasteiger partial charge in [0.25, 0.3) is 0 Å². The highest BCUT2D eigenvalue weighted by Crippen LogP contribution is 2.58. The minimum absolute atomic E-state index is 0.350. The van der Waals surface area contributed by atoms with Gasteiger partial charge in [-0.25, -0.2) is 0 Å². The Balaban J connectivity index is 1.79. The molecule has 5 aromatic rings. The zero-order valence-corrected chi connectivity index (χ0v) is 19.0. The molecule has 0 radical (unpaired) electrons. The number of aryl methyl sites for hydroxylation is 1. The average molecular weight is 423 g/mol. The Labute approximate surface area is 196 Å². The van der Waals surface area contributed by atoms with Gasteiger partial charge in [-0.1, -0.05) is 121 Å². The molecule has 6 rings (SSSR count). The van der Waals surface area contributed by atoms with Crippen LogP contribution in [0.4, 0.5) is 0 Å². The predicted molar refractivity (Wildman–Crippen MR) is 139 cm³/mol. The van der Waals surface area contributed by atoms with E-state index in [-0.39, 0.29) is 5.41 Å². The fourth-order valence-electron chi connectivity index (χ4n) is 5.91. The molecule has 0 saturated heterocycles. The molecule has 0 fully saturated rings. The molecule has 0 aromatic heterocycles. The van der Waals surface area contributed by atoms with Crippen LogP contribution in [0.2, 0.25) is 0 Å². The largest absolute Gasteiger partial charge is 0.0716 e. The third-order valence-electron chi connectivity index (χ3n) is 7.31. The highest BCUT2D eigenvalue weighted by molar-refractivity contribution is 5.90. The van der Waals surface area contributed by atoms with Crippen LogP contribution in [0.5, 0.6) is 0 Å². The van der Waals surface area contributed by atoms with Crippen molar-refractivity contribution in [2.75, 3.05) is 0 Å². The summed E-state index contributed by atoms with van der Waals surface area (Å²) in [7, 11) is 0. The van der Waals surface area contributed by atoms with Crippen molar-refractivity contribution in [3.05, 3.63) is 155 Å². The van der Waals surface area contributed by atoms with Crippen molar-refractivity contribution in [3.8, 4) is 22.3 Å². The van der Waals surface area contributed by atoms with Crippen LogP contribution in [0, 0.1) is 13.8 Å². The molecule has 5 aromatic carbocycles. The first kappa shape index (κ1) is 19.8. The molecule has 0 saturated carbocycles. The van der Waals surface area contributed by atoms with Gasteiger partial charge in [-0.2, -0.15) is 0 Å². The molecule has 0 N–H and O–H groups in total. The molecule has 1 aliphatic carbocycles. The number of rotatable bonds is 3. The fraction of sp³-hybridized carbons (Fsp3) is 0.0909. The Morgan fingerprint density at radius 3 is 1.58 bits per heavy atom. The van der Waals surface area contributed by atoms with E-state index in [0.717, 1.165) is 0 Å². The molecule has 0 aliphatic heterocycles. The number of benzene rings is 5. The minimum Gasteiger partial charge on any atom is -0.0622 e. The van der Waals surface area contributed by atoms with Crippen molar-refractivity contribution in [2.45, 2.75) is 19.3 Å². The van der Waals surface area contributed by atoms with Gasteiger partial charge in [0.05, 0.1) is 5.41 Å². The third kappa shape index (κ3) is 2.77. The number of hydrogen-bond donors (Lipinski definition) is 0. The standard InChI is InChI=1S/C33H26/c1-23-13-9-10-18-27(23)28-21-22-30-29-19-11-12-20-31(29)33(32(30)24(28)2,25-14-5-3-6-15-25)26-16-7-4-8-17-26/h3-22H,1-2H3. The summed E-state index contributed by atoms with van der Waals surface area (Å²) in [5.41, 5.74) is 13.0. The lowest BCUT2D eigenvalue weighted by atomic mass is 9.66. The van der Waals surface area contributed by atoms with Crippen LogP contribution in [0.25, 0.3) is 22.3 Å². The molecule has 0 spiro atoms. The van der Waals surface area contributed by atoms with Crippen LogP contribution >= 0.6 is 0 Å². The first-order valence-electron chi connectivity index (χ1n) is 11.6. The molecular weight excluding hydrogens is 396 g/mol. The Morgan fingerprint density at radius 2 is 0.939 bits per heavy atom. The SMILES string of the molecule is Cc1ccccc1-c1ccc2c(c1C)C(c1ccccc1)(c1ccccc1)c1ccccc1-2. The van der Waals surface area contributed by atoms with Crippen molar-refractivity contribution in [3.63, 3.8) is 0 Å². The van der Waals surface area contributed by atoms with E-state index in [4.69, 9.17) is 0 Å². The van der Waals surface area contributed by atoms with Crippen molar-refractivity contribution in [1.82, 2.24) is 0 Å². The molecule has 158 valence electrons. The second kappa shape index (κ2) is 7.60. The number of fused-ring (bicyclic) bond motifs is 3. The first-order chi connectivity index (χ1) is 16.2. The molecule has 0 unspecified atom stereocenters. The van der Waals surface area contributed by atoms with Crippen LogP contribution in [0.1, 0.15) is 33.4 Å². The normalized spacial score (nSPS) is 13.4. The Hall–Kier alpha value is -3.90. The zero-order valence-electron chi connectivity index (χ0n) is 19.0. The van der Waals surface area contributed by atoms with Crippen molar-refractivity contribution >= 4 is 0 Å². The molecule has 0 atom stereocenters. The summed E-state index contributed by atoms with van der Waals surface area (Å²) in [6.45, 7) is 4.52. The van der Waals surface area contributed by atoms with Crippen LogP contribution < -0.4 is 0 Å². The second-order valence-corrected chi connectivity index (χ2v) is 9.00. The first-order valence-corrected chi connectivity index (χ1v) is 11.6. The highest BCUT2D eigenvalue weighted by atomic mass is 14.5. The van der Waals surface area contributed by atoms with E-state index < -0.39 is 0 Å². The summed E-state index contributed by atoms with van der Waals surface area (Å²) < 4.78 is 0. The quantitative estimate of drug-likeness (QED) is 0.269.